The van der Waals surface area contributed by atoms with Crippen molar-refractivity contribution >= 4 is 17.5 Å². The number of ketones is 1. The second kappa shape index (κ2) is 8.12. The van der Waals surface area contributed by atoms with Crippen LogP contribution in [-0.4, -0.2) is 26.3 Å². The third-order valence-electron chi connectivity index (χ3n) is 4.15. The summed E-state index contributed by atoms with van der Waals surface area (Å²) < 4.78 is 1.90. The largest absolute Gasteiger partial charge is 0.293 e. The molecule has 0 fully saturated rings. The molecule has 5 heteroatoms. The average molecular weight is 351 g/mol. The summed E-state index contributed by atoms with van der Waals surface area (Å²) in [5, 5.41) is 8.88. The Kier molecular flexibility index (Phi) is 5.66. The Labute approximate surface area is 152 Å². The van der Waals surface area contributed by atoms with Crippen LogP contribution in [0.25, 0.3) is 5.69 Å². The lowest BCUT2D eigenvalue weighted by molar-refractivity contribution is 0.102. The van der Waals surface area contributed by atoms with Gasteiger partial charge in [-0.1, -0.05) is 55.9 Å². The molecule has 0 bridgehead atoms. The van der Waals surface area contributed by atoms with Crippen molar-refractivity contribution in [1.29, 1.82) is 0 Å². The molecule has 0 aliphatic heterocycles. The summed E-state index contributed by atoms with van der Waals surface area (Å²) in [5.41, 5.74) is 4.12. The normalized spacial score (nSPS) is 10.8. The van der Waals surface area contributed by atoms with Crippen molar-refractivity contribution in [1.82, 2.24) is 14.8 Å². The van der Waals surface area contributed by atoms with Crippen LogP contribution in [0.5, 0.6) is 0 Å². The van der Waals surface area contributed by atoms with Crippen molar-refractivity contribution in [2.45, 2.75) is 31.8 Å². The zero-order valence-electron chi connectivity index (χ0n) is 14.5. The standard InChI is InChI=1S/C20H21N3OS/c1-3-15-10-11-16(4-2)18(12-15)19(24)13-25-20-22-21-14-23(20)17-8-6-5-7-9-17/h5-12,14H,3-4,13H2,1-2H3. The first kappa shape index (κ1) is 17.4. The second-order valence-electron chi connectivity index (χ2n) is 5.73. The van der Waals surface area contributed by atoms with Crippen molar-refractivity contribution in [3.05, 3.63) is 71.5 Å². The molecule has 1 heterocycles. The summed E-state index contributed by atoms with van der Waals surface area (Å²) in [6.07, 6.45) is 3.47. The van der Waals surface area contributed by atoms with Gasteiger partial charge in [-0.15, -0.1) is 10.2 Å². The van der Waals surface area contributed by atoms with Gasteiger partial charge in [-0.25, -0.2) is 0 Å². The van der Waals surface area contributed by atoms with Gasteiger partial charge in [0.25, 0.3) is 0 Å². The number of para-hydroxylation sites is 1. The predicted molar refractivity (Wildman–Crippen MR) is 102 cm³/mol. The molecule has 0 saturated heterocycles. The Balaban J connectivity index is 1.77. The quantitative estimate of drug-likeness (QED) is 0.468. The summed E-state index contributed by atoms with van der Waals surface area (Å²) in [4.78, 5) is 12.8. The number of carbonyl (C=O) groups excluding carboxylic acids is 1. The van der Waals surface area contributed by atoms with Gasteiger partial charge in [0.05, 0.1) is 5.75 Å². The lowest BCUT2D eigenvalue weighted by Gasteiger charge is -2.09. The van der Waals surface area contributed by atoms with Gasteiger partial charge < -0.3 is 0 Å². The maximum Gasteiger partial charge on any atom is 0.196 e. The Morgan fingerprint density at radius 3 is 2.60 bits per heavy atom. The van der Waals surface area contributed by atoms with Crippen LogP contribution < -0.4 is 0 Å². The predicted octanol–water partition coefficient (Wildman–Crippen LogP) is 4.37. The van der Waals surface area contributed by atoms with Crippen LogP contribution in [0.1, 0.15) is 35.3 Å². The number of thioether (sulfide) groups is 1. The highest BCUT2D eigenvalue weighted by Crippen LogP contribution is 2.22. The van der Waals surface area contributed by atoms with E-state index in [0.717, 1.165) is 34.8 Å². The third kappa shape index (κ3) is 3.99. The molecule has 0 N–H and O–H groups in total. The van der Waals surface area contributed by atoms with Gasteiger partial charge in [0.15, 0.2) is 10.9 Å². The molecule has 0 spiro atoms. The average Bonchev–Trinajstić information content (AvgIpc) is 3.14. The molecule has 0 saturated carbocycles. The van der Waals surface area contributed by atoms with Crippen LogP contribution in [0.3, 0.4) is 0 Å². The molecule has 25 heavy (non-hydrogen) atoms. The molecule has 0 unspecified atom stereocenters. The SMILES string of the molecule is CCc1ccc(CC)c(C(=O)CSc2nncn2-c2ccccc2)c1. The van der Waals surface area contributed by atoms with Gasteiger partial charge >= 0.3 is 0 Å². The Morgan fingerprint density at radius 1 is 1.08 bits per heavy atom. The third-order valence-corrected chi connectivity index (χ3v) is 5.09. The van der Waals surface area contributed by atoms with Gasteiger partial charge in [-0.3, -0.25) is 9.36 Å². The molecule has 0 atom stereocenters. The van der Waals surface area contributed by atoms with Crippen molar-refractivity contribution < 1.29 is 4.79 Å². The molecular weight excluding hydrogens is 330 g/mol. The fourth-order valence-electron chi connectivity index (χ4n) is 2.71. The molecule has 128 valence electrons. The molecule has 3 rings (SSSR count). The highest BCUT2D eigenvalue weighted by molar-refractivity contribution is 7.99. The van der Waals surface area contributed by atoms with Crippen LogP contribution in [0.4, 0.5) is 0 Å². The molecule has 0 aliphatic carbocycles. The number of nitrogens with zero attached hydrogens (tertiary/aromatic N) is 3. The molecule has 1 aromatic heterocycles. The van der Waals surface area contributed by atoms with Crippen LogP contribution in [0.2, 0.25) is 0 Å². The first-order valence-electron chi connectivity index (χ1n) is 8.46. The molecule has 3 aromatic rings. The van der Waals surface area contributed by atoms with E-state index in [4.69, 9.17) is 0 Å². The summed E-state index contributed by atoms with van der Waals surface area (Å²) in [6.45, 7) is 4.18. The summed E-state index contributed by atoms with van der Waals surface area (Å²) in [6, 6.07) is 16.1. The highest BCUT2D eigenvalue weighted by atomic mass is 32.2. The maximum atomic E-state index is 12.8. The number of aryl methyl sites for hydroxylation is 2. The smallest absolute Gasteiger partial charge is 0.196 e. The summed E-state index contributed by atoms with van der Waals surface area (Å²) in [5.74, 6) is 0.492. The lowest BCUT2D eigenvalue weighted by atomic mass is 9.98. The molecule has 2 aromatic carbocycles. The minimum absolute atomic E-state index is 0.139. The second-order valence-corrected chi connectivity index (χ2v) is 6.67. The lowest BCUT2D eigenvalue weighted by Crippen LogP contribution is -2.08. The monoisotopic (exact) mass is 351 g/mol. The van der Waals surface area contributed by atoms with Crippen molar-refractivity contribution in [3.63, 3.8) is 0 Å². The van der Waals surface area contributed by atoms with Gasteiger partial charge in [0.2, 0.25) is 0 Å². The fourth-order valence-corrected chi connectivity index (χ4v) is 3.52. The molecule has 0 radical (unpaired) electrons. The van der Waals surface area contributed by atoms with Crippen LogP contribution >= 0.6 is 11.8 Å². The number of rotatable bonds is 7. The zero-order chi connectivity index (χ0) is 17.6. The van der Waals surface area contributed by atoms with E-state index in [1.807, 2.05) is 41.0 Å². The summed E-state index contributed by atoms with van der Waals surface area (Å²) in [7, 11) is 0. The Hall–Kier alpha value is -2.40. The van der Waals surface area contributed by atoms with E-state index in [9.17, 15) is 4.79 Å². The van der Waals surface area contributed by atoms with Gasteiger partial charge in [0.1, 0.15) is 6.33 Å². The Bertz CT molecular complexity index is 858. The van der Waals surface area contributed by atoms with E-state index >= 15 is 0 Å². The first-order valence-corrected chi connectivity index (χ1v) is 9.44. The molecular formula is C20H21N3OS. The number of benzene rings is 2. The van der Waals surface area contributed by atoms with E-state index in [1.54, 1.807) is 6.33 Å². The van der Waals surface area contributed by atoms with E-state index in [0.29, 0.717) is 5.75 Å². The zero-order valence-corrected chi connectivity index (χ0v) is 15.3. The van der Waals surface area contributed by atoms with Gasteiger partial charge in [-0.05, 0) is 42.2 Å². The van der Waals surface area contributed by atoms with Gasteiger partial charge in [0, 0.05) is 11.3 Å². The Morgan fingerprint density at radius 2 is 1.88 bits per heavy atom. The van der Waals surface area contributed by atoms with E-state index < -0.39 is 0 Å². The number of hydrogen-bond donors (Lipinski definition) is 0. The number of hydrogen-bond acceptors (Lipinski definition) is 4. The van der Waals surface area contributed by atoms with Crippen molar-refractivity contribution in [2.24, 2.45) is 0 Å². The van der Waals surface area contributed by atoms with E-state index in [1.165, 1.54) is 17.3 Å². The van der Waals surface area contributed by atoms with Crippen LogP contribution in [0.15, 0.2) is 60.0 Å². The fraction of sp³-hybridized carbons (Fsp3) is 0.250. The number of Topliss-reactive ketones (excluding diaryl/α,β-unsaturated/α-hetero) is 1. The van der Waals surface area contributed by atoms with Gasteiger partial charge in [-0.2, -0.15) is 0 Å². The first-order chi connectivity index (χ1) is 12.2. The van der Waals surface area contributed by atoms with Crippen LogP contribution in [0, 0.1) is 0 Å². The molecule has 0 amide bonds. The van der Waals surface area contributed by atoms with E-state index in [-0.39, 0.29) is 5.78 Å². The van der Waals surface area contributed by atoms with E-state index in [2.05, 4.69) is 36.2 Å². The van der Waals surface area contributed by atoms with Crippen LogP contribution in [-0.2, 0) is 12.8 Å². The highest BCUT2D eigenvalue weighted by Gasteiger charge is 2.14. The molecule has 4 nitrogen and oxygen atoms in total. The molecule has 0 aliphatic rings. The summed E-state index contributed by atoms with van der Waals surface area (Å²) >= 11 is 1.42. The number of aromatic nitrogens is 3. The van der Waals surface area contributed by atoms with Crippen molar-refractivity contribution in [3.8, 4) is 5.69 Å². The number of carbonyl (C=O) groups is 1. The maximum absolute atomic E-state index is 12.8. The minimum atomic E-state index is 0.139. The van der Waals surface area contributed by atoms with Crippen molar-refractivity contribution in [2.75, 3.05) is 5.75 Å². The minimum Gasteiger partial charge on any atom is -0.293 e. The topological polar surface area (TPSA) is 47.8 Å².